The number of carbonyl (C=O) groups is 1. The number of nitrogens with zero attached hydrogens (tertiary/aromatic N) is 3. The van der Waals surface area contributed by atoms with Gasteiger partial charge in [0.25, 0.3) is 5.91 Å². The molecule has 28 heavy (non-hydrogen) atoms. The maximum Gasteiger partial charge on any atom is 0.259 e. The summed E-state index contributed by atoms with van der Waals surface area (Å²) in [6.07, 6.45) is 4.92. The van der Waals surface area contributed by atoms with Crippen LogP contribution in [0, 0.1) is 5.82 Å². The van der Waals surface area contributed by atoms with Gasteiger partial charge in [0.05, 0.1) is 16.3 Å². The van der Waals surface area contributed by atoms with Crippen molar-refractivity contribution in [1.82, 2.24) is 14.8 Å². The Labute approximate surface area is 165 Å². The summed E-state index contributed by atoms with van der Waals surface area (Å²) in [5.74, 6) is -1.02. The molecule has 1 N–H and O–H groups in total. The van der Waals surface area contributed by atoms with Crippen molar-refractivity contribution in [3.05, 3.63) is 95.7 Å². The lowest BCUT2D eigenvalue weighted by Gasteiger charge is -2.06. The van der Waals surface area contributed by atoms with Crippen LogP contribution in [0.3, 0.4) is 0 Å². The summed E-state index contributed by atoms with van der Waals surface area (Å²) in [5, 5.41) is 7.25. The first kappa shape index (κ1) is 17.9. The molecule has 0 aliphatic rings. The van der Waals surface area contributed by atoms with Crippen LogP contribution in [0.2, 0.25) is 5.02 Å². The highest BCUT2D eigenvalue weighted by Crippen LogP contribution is 2.25. The molecular weight excluding hydrogens is 379 g/mol. The molecule has 7 heteroatoms. The second-order valence-electron chi connectivity index (χ2n) is 6.00. The topological polar surface area (TPSA) is 59.8 Å². The number of pyridine rings is 1. The summed E-state index contributed by atoms with van der Waals surface area (Å²) < 4.78 is 15.3. The first-order valence-electron chi connectivity index (χ1n) is 8.44. The normalized spacial score (nSPS) is 10.6. The number of amides is 1. The number of benzene rings is 2. The molecule has 0 fully saturated rings. The van der Waals surface area contributed by atoms with E-state index >= 15 is 0 Å². The molecule has 1 amide bonds. The zero-order chi connectivity index (χ0) is 19.5. The van der Waals surface area contributed by atoms with Crippen molar-refractivity contribution in [1.29, 1.82) is 0 Å². The van der Waals surface area contributed by atoms with Gasteiger partial charge in [-0.3, -0.25) is 9.78 Å². The number of hydrogen-bond acceptors (Lipinski definition) is 3. The SMILES string of the molecule is O=C(Nc1ccc(Cl)c(F)c1)c1cn(-c2ccccc2)nc1-c1cccnc1. The van der Waals surface area contributed by atoms with Gasteiger partial charge in [-0.05, 0) is 42.5 Å². The lowest BCUT2D eigenvalue weighted by atomic mass is 10.1. The monoisotopic (exact) mass is 392 g/mol. The highest BCUT2D eigenvalue weighted by Gasteiger charge is 2.19. The Morgan fingerprint density at radius 1 is 1.07 bits per heavy atom. The van der Waals surface area contributed by atoms with Crippen LogP contribution in [0.15, 0.2) is 79.3 Å². The fourth-order valence-corrected chi connectivity index (χ4v) is 2.86. The fraction of sp³-hybridized carbons (Fsp3) is 0. The molecule has 4 rings (SSSR count). The molecule has 0 saturated carbocycles. The number of nitrogens with one attached hydrogen (secondary N) is 1. The molecular formula is C21H14ClFN4O. The molecule has 2 heterocycles. The third-order valence-corrected chi connectivity index (χ3v) is 4.40. The van der Waals surface area contributed by atoms with Gasteiger partial charge in [0, 0.05) is 29.8 Å². The highest BCUT2D eigenvalue weighted by atomic mass is 35.5. The van der Waals surface area contributed by atoms with E-state index in [1.54, 1.807) is 29.3 Å². The molecule has 2 aromatic carbocycles. The Morgan fingerprint density at radius 3 is 2.61 bits per heavy atom. The van der Waals surface area contributed by atoms with Gasteiger partial charge >= 0.3 is 0 Å². The first-order valence-corrected chi connectivity index (χ1v) is 8.81. The number of carbonyl (C=O) groups excluding carboxylic acids is 1. The number of aromatic nitrogens is 3. The van der Waals surface area contributed by atoms with Crippen LogP contribution >= 0.6 is 11.6 Å². The van der Waals surface area contributed by atoms with E-state index < -0.39 is 11.7 Å². The fourth-order valence-electron chi connectivity index (χ4n) is 2.74. The maximum absolute atomic E-state index is 13.7. The van der Waals surface area contributed by atoms with Gasteiger partial charge in [-0.2, -0.15) is 5.10 Å². The average Bonchev–Trinajstić information content (AvgIpc) is 3.18. The van der Waals surface area contributed by atoms with E-state index in [1.807, 2.05) is 36.4 Å². The largest absolute Gasteiger partial charge is 0.322 e. The molecule has 138 valence electrons. The van der Waals surface area contributed by atoms with E-state index in [2.05, 4.69) is 15.4 Å². The molecule has 4 aromatic rings. The van der Waals surface area contributed by atoms with Crippen molar-refractivity contribution in [3.63, 3.8) is 0 Å². The van der Waals surface area contributed by atoms with E-state index in [0.29, 0.717) is 22.5 Å². The maximum atomic E-state index is 13.7. The molecule has 0 atom stereocenters. The summed E-state index contributed by atoms with van der Waals surface area (Å²) in [6, 6.07) is 17.1. The number of halogens is 2. The van der Waals surface area contributed by atoms with Crippen molar-refractivity contribution in [2.75, 3.05) is 5.32 Å². The van der Waals surface area contributed by atoms with Crippen LogP contribution in [0.25, 0.3) is 16.9 Å². The predicted octanol–water partition coefficient (Wildman–Crippen LogP) is 4.98. The Balaban J connectivity index is 1.75. The number of hydrogen-bond donors (Lipinski definition) is 1. The molecule has 0 aliphatic carbocycles. The van der Waals surface area contributed by atoms with Crippen molar-refractivity contribution in [3.8, 4) is 16.9 Å². The van der Waals surface area contributed by atoms with Crippen molar-refractivity contribution < 1.29 is 9.18 Å². The Kier molecular flexibility index (Phi) is 4.87. The lowest BCUT2D eigenvalue weighted by Crippen LogP contribution is -2.12. The van der Waals surface area contributed by atoms with Gasteiger partial charge in [-0.15, -0.1) is 0 Å². The first-order chi connectivity index (χ1) is 13.6. The Hall–Kier alpha value is -3.51. The van der Waals surface area contributed by atoms with Gasteiger partial charge in [0.1, 0.15) is 11.5 Å². The lowest BCUT2D eigenvalue weighted by molar-refractivity contribution is 0.102. The van der Waals surface area contributed by atoms with Crippen molar-refractivity contribution in [2.24, 2.45) is 0 Å². The van der Waals surface area contributed by atoms with Gasteiger partial charge in [-0.25, -0.2) is 9.07 Å². The Bertz CT molecular complexity index is 1130. The van der Waals surface area contributed by atoms with E-state index in [0.717, 1.165) is 5.69 Å². The van der Waals surface area contributed by atoms with Crippen LogP contribution < -0.4 is 5.32 Å². The summed E-state index contributed by atoms with van der Waals surface area (Å²) in [6.45, 7) is 0. The van der Waals surface area contributed by atoms with Crippen LogP contribution in [0.1, 0.15) is 10.4 Å². The zero-order valence-corrected chi connectivity index (χ0v) is 15.3. The summed E-state index contributed by atoms with van der Waals surface area (Å²) in [5.41, 5.74) is 2.63. The summed E-state index contributed by atoms with van der Waals surface area (Å²) in [4.78, 5) is 17.0. The van der Waals surface area contributed by atoms with E-state index in [1.165, 1.54) is 18.2 Å². The summed E-state index contributed by atoms with van der Waals surface area (Å²) >= 11 is 5.70. The number of anilines is 1. The third kappa shape index (κ3) is 3.63. The molecule has 0 aliphatic heterocycles. The van der Waals surface area contributed by atoms with Gasteiger partial charge in [0.15, 0.2) is 0 Å². The molecule has 0 saturated heterocycles. The summed E-state index contributed by atoms with van der Waals surface area (Å²) in [7, 11) is 0. The van der Waals surface area contributed by atoms with Crippen LogP contribution in [-0.2, 0) is 0 Å². The van der Waals surface area contributed by atoms with Crippen molar-refractivity contribution in [2.45, 2.75) is 0 Å². The van der Waals surface area contributed by atoms with Crippen molar-refractivity contribution >= 4 is 23.2 Å². The minimum atomic E-state index is -0.605. The van der Waals surface area contributed by atoms with Crippen LogP contribution in [0.5, 0.6) is 0 Å². The zero-order valence-electron chi connectivity index (χ0n) is 14.5. The van der Waals surface area contributed by atoms with E-state index in [4.69, 9.17) is 11.6 Å². The predicted molar refractivity (Wildman–Crippen MR) is 106 cm³/mol. The minimum Gasteiger partial charge on any atom is -0.322 e. The number of para-hydroxylation sites is 1. The molecule has 0 bridgehead atoms. The minimum absolute atomic E-state index is 0.00838. The average molecular weight is 393 g/mol. The highest BCUT2D eigenvalue weighted by molar-refractivity contribution is 6.30. The third-order valence-electron chi connectivity index (χ3n) is 4.09. The standard InChI is InChI=1S/C21H14ClFN4O/c22-18-9-8-15(11-19(18)23)25-21(28)17-13-27(16-6-2-1-3-7-16)26-20(17)14-5-4-10-24-12-14/h1-13H,(H,25,28). The van der Waals surface area contributed by atoms with Gasteiger partial charge < -0.3 is 5.32 Å². The second kappa shape index (κ2) is 7.62. The van der Waals surface area contributed by atoms with E-state index in [9.17, 15) is 9.18 Å². The van der Waals surface area contributed by atoms with Crippen LogP contribution in [0.4, 0.5) is 10.1 Å². The second-order valence-corrected chi connectivity index (χ2v) is 6.40. The molecule has 2 aromatic heterocycles. The molecule has 5 nitrogen and oxygen atoms in total. The number of rotatable bonds is 4. The Morgan fingerprint density at radius 2 is 1.89 bits per heavy atom. The van der Waals surface area contributed by atoms with Gasteiger partial charge in [0.2, 0.25) is 0 Å². The van der Waals surface area contributed by atoms with E-state index in [-0.39, 0.29) is 5.02 Å². The molecule has 0 spiro atoms. The van der Waals surface area contributed by atoms with Gasteiger partial charge in [-0.1, -0.05) is 29.8 Å². The van der Waals surface area contributed by atoms with Crippen LogP contribution in [-0.4, -0.2) is 20.7 Å². The molecule has 0 unspecified atom stereocenters. The smallest absolute Gasteiger partial charge is 0.259 e. The quantitative estimate of drug-likeness (QED) is 0.533. The molecule has 0 radical (unpaired) electrons.